The van der Waals surface area contributed by atoms with Crippen molar-refractivity contribution in [3.8, 4) is 5.75 Å². The fraction of sp³-hybridized carbons (Fsp3) is 0.781. The second kappa shape index (κ2) is 123. The standard InChI is InChI=1S/C14H22OS2.2C14H22S2.C13H20S2.C12H20OS2.2C11H24S2.2C10H22S2.C9H20S2.5C2H6/c1-11(2)9-10-15-13-7-5-6-8-14(13)17-16-12(3)4;1-11(2)9-13-7-5-6-8-14(13)10-15-16-12(3)4;1-11(2)9-10-13-7-5-6-8-14(13)16-15-12(3)4;1-10(2)9-12-5-7-13(8-6-12)15-14-11(3)4;1-9(2)5-11-6-13-7-12(11)8-14-15-10(3)4;1-9(2)7-8-11(5,6)13-12-10(3)4;1-9(2)7-6-8-11(5)13-12-10(3)4;1-8(2)6-7-10(5)12-11-9(3)4;1-9(2)7-5-6-8-11-12-10(3)4;1-8(2)6-5-7-10-11-9(3)4;5*1-2/h5-8,11-12H,9-10H2,1-4H3;2*5-8,11-12H,9-10H2,1-4H3;5-8,10-11H,9H2,1-4H3;6-7,9-10H,5,8H2,1-4H3;9-10H,7-8H2,1-6H3;9-11H,6-8H2,1-5H3;8-10H,6-7H2,1-5H3;9-10H,5-8H2,1-4H3;8-9H,5-7H2,1-4H3;5*1-2H3. The van der Waals surface area contributed by atoms with Crippen LogP contribution in [0.2, 0.25) is 0 Å². The van der Waals surface area contributed by atoms with Gasteiger partial charge in [-0.3, -0.25) is 0 Å². The molecule has 1 heterocycles. The van der Waals surface area contributed by atoms with Gasteiger partial charge in [-0.15, -0.1) is 0 Å². The van der Waals surface area contributed by atoms with E-state index in [-0.39, 0.29) is 0 Å². The van der Waals surface area contributed by atoms with Gasteiger partial charge in [0.2, 0.25) is 0 Å². The molecule has 22 heteroatoms. The fourth-order valence-electron chi connectivity index (χ4n) is 11.2. The van der Waals surface area contributed by atoms with E-state index in [2.05, 4.69) is 406 Å². The van der Waals surface area contributed by atoms with Gasteiger partial charge in [0.15, 0.2) is 0 Å². The van der Waals surface area contributed by atoms with E-state index >= 15 is 0 Å². The first kappa shape index (κ1) is 173. The Morgan fingerprint density at radius 3 is 1.03 bits per heavy atom. The summed E-state index contributed by atoms with van der Waals surface area (Å²) in [5.41, 5.74) is 8.73. The maximum Gasteiger partial charge on any atom is 0.133 e. The van der Waals surface area contributed by atoms with E-state index in [1.807, 2.05) is 282 Å². The number of rotatable bonds is 62. The summed E-state index contributed by atoms with van der Waals surface area (Å²) in [5.74, 6) is 13.8. The van der Waals surface area contributed by atoms with Gasteiger partial charge >= 0.3 is 0 Å². The zero-order chi connectivity index (χ0) is 118. The molecule has 0 saturated carbocycles. The zero-order valence-electron chi connectivity index (χ0n) is 108. The summed E-state index contributed by atoms with van der Waals surface area (Å²) in [6.07, 6.45) is 27.4. The lowest BCUT2D eigenvalue weighted by Gasteiger charge is -2.24. The lowest BCUT2D eigenvalue weighted by atomic mass is 9.99. The van der Waals surface area contributed by atoms with Crippen molar-refractivity contribution in [3.63, 3.8) is 0 Å². The van der Waals surface area contributed by atoms with Crippen LogP contribution in [0.15, 0.2) is 129 Å². The average molecular weight is 2460 g/mol. The molecule has 0 N–H and O–H groups in total. The van der Waals surface area contributed by atoms with Crippen LogP contribution in [0.25, 0.3) is 0 Å². The van der Waals surface area contributed by atoms with Crippen LogP contribution in [0, 0.1) is 59.2 Å². The monoisotopic (exact) mass is 2460 g/mol. The zero-order valence-corrected chi connectivity index (χ0v) is 124. The Labute approximate surface area is 1020 Å². The number of benzene rings is 4. The molecule has 892 valence electrons. The third-order valence-corrected chi connectivity index (χ3v) is 50.2. The summed E-state index contributed by atoms with van der Waals surface area (Å²) < 4.78 is 11.6. The second-order valence-corrected chi connectivity index (χ2v) is 74.4. The molecule has 2 atom stereocenters. The number of furan rings is 1. The molecular formula is C128H248O2S20. The van der Waals surface area contributed by atoms with Crippen LogP contribution in [0.3, 0.4) is 0 Å². The second-order valence-electron chi connectivity index (χ2n) is 43.8. The Hall–Kier alpha value is 2.96. The van der Waals surface area contributed by atoms with Gasteiger partial charge in [0.05, 0.1) is 24.0 Å². The van der Waals surface area contributed by atoms with Gasteiger partial charge in [0.25, 0.3) is 0 Å². The molecule has 150 heavy (non-hydrogen) atoms. The Morgan fingerprint density at radius 2 is 0.600 bits per heavy atom. The highest BCUT2D eigenvalue weighted by atomic mass is 33.1. The largest absolute Gasteiger partial charge is 0.492 e. The number of unbranched alkanes of at least 4 members (excludes halogenated alkanes) is 1. The molecule has 1 aromatic heterocycles. The number of aryl methyl sites for hydroxylation is 1. The lowest BCUT2D eigenvalue weighted by molar-refractivity contribution is 0.283. The molecule has 0 spiro atoms. The minimum absolute atomic E-state index is 0.444. The van der Waals surface area contributed by atoms with E-state index < -0.39 is 0 Å². The van der Waals surface area contributed by atoms with Crippen molar-refractivity contribution in [2.75, 3.05) is 18.1 Å². The molecule has 0 aliphatic carbocycles. The molecule has 0 aliphatic heterocycles. The van der Waals surface area contributed by atoms with Crippen molar-refractivity contribution in [1.29, 1.82) is 0 Å². The Balaban J connectivity index is -0.000000180. The third-order valence-electron chi connectivity index (χ3n) is 18.4. The Bertz CT molecular complexity index is 3340. The molecule has 4 aromatic carbocycles. The van der Waals surface area contributed by atoms with Crippen molar-refractivity contribution >= 4 is 216 Å². The number of hydrogen-bond donors (Lipinski definition) is 0. The molecular weight excluding hydrogens is 2210 g/mol. The smallest absolute Gasteiger partial charge is 0.133 e. The minimum atomic E-state index is 0.444. The maximum absolute atomic E-state index is 5.85. The topological polar surface area (TPSA) is 22.4 Å². The van der Waals surface area contributed by atoms with Crippen LogP contribution in [0.4, 0.5) is 0 Å². The molecule has 0 radical (unpaired) electrons. The maximum atomic E-state index is 5.85. The van der Waals surface area contributed by atoms with E-state index in [1.165, 1.54) is 162 Å². The SMILES string of the molecule is CC.CC.CC.CC.CC.CC(C)CCC(C)(C)SSC(C)C.CC(C)CCC(C)SSC(C)C.CC(C)CCCC(C)SSC(C)C.CC(C)CCCCSSC(C)C.CC(C)CCCSSC(C)C.CC(C)CCOc1ccccc1SSC(C)C.CC(C)CCc1ccccc1SSC(C)C.CC(C)Cc1ccc(SSC(C)C)cc1.CC(C)Cc1ccccc1CSSC(C)C.CC(C)Cc1cocc1CSSC(C)C. The highest BCUT2D eigenvalue weighted by Crippen LogP contribution is 2.44. The van der Waals surface area contributed by atoms with Crippen LogP contribution in [0.1, 0.15) is 497 Å². The summed E-state index contributed by atoms with van der Waals surface area (Å²) in [6, 6.07) is 34.9. The number of hydrogen-bond acceptors (Lipinski definition) is 22. The van der Waals surface area contributed by atoms with Gasteiger partial charge in [0.1, 0.15) is 5.75 Å². The van der Waals surface area contributed by atoms with Crippen LogP contribution >= 0.6 is 216 Å². The number of para-hydroxylation sites is 1. The quantitative estimate of drug-likeness (QED) is 0.0272. The molecule has 0 fully saturated rings. The van der Waals surface area contributed by atoms with Crippen LogP contribution in [-0.4, -0.2) is 85.9 Å². The van der Waals surface area contributed by atoms with E-state index in [1.54, 1.807) is 10.8 Å². The van der Waals surface area contributed by atoms with Crippen LogP contribution in [-0.2, 0) is 37.2 Å². The normalized spacial score (nSPS) is 11.4. The predicted molar refractivity (Wildman–Crippen MR) is 763 cm³/mol. The third kappa shape index (κ3) is 140. The van der Waals surface area contributed by atoms with Gasteiger partial charge < -0.3 is 9.15 Å². The molecule has 5 rings (SSSR count). The van der Waals surface area contributed by atoms with Gasteiger partial charge in [-0.05, 0) is 215 Å². The van der Waals surface area contributed by atoms with Gasteiger partial charge in [0, 0.05) is 106 Å². The molecule has 0 amide bonds. The first-order valence-electron chi connectivity index (χ1n) is 58.7. The summed E-state index contributed by atoms with van der Waals surface area (Å²) >= 11 is 0. The van der Waals surface area contributed by atoms with E-state index in [0.29, 0.717) is 42.8 Å². The van der Waals surface area contributed by atoms with Gasteiger partial charge in [-0.1, -0.05) is 675 Å². The molecule has 0 bridgehead atoms. The lowest BCUT2D eigenvalue weighted by Crippen LogP contribution is -2.14. The van der Waals surface area contributed by atoms with Crippen molar-refractivity contribution in [2.24, 2.45) is 59.2 Å². The minimum Gasteiger partial charge on any atom is -0.492 e. The molecule has 2 nitrogen and oxygen atoms in total. The summed E-state index contributed by atoms with van der Waals surface area (Å²) in [5, 5.41) is 8.86. The van der Waals surface area contributed by atoms with Crippen molar-refractivity contribution in [1.82, 2.24) is 0 Å². The van der Waals surface area contributed by atoms with E-state index in [9.17, 15) is 0 Å². The van der Waals surface area contributed by atoms with Gasteiger partial charge in [-0.25, -0.2) is 0 Å². The predicted octanol–water partition coefficient (Wildman–Crippen LogP) is 54.2. The summed E-state index contributed by atoms with van der Waals surface area (Å²) in [4.78, 5) is 4.04. The van der Waals surface area contributed by atoms with Crippen molar-refractivity contribution < 1.29 is 9.15 Å². The highest BCUT2D eigenvalue weighted by molar-refractivity contribution is 8.79. The first-order valence-corrected chi connectivity index (χ1v) is 81.6. The number of ether oxygens (including phenoxy) is 1. The van der Waals surface area contributed by atoms with Crippen molar-refractivity contribution in [3.05, 3.63) is 143 Å². The Morgan fingerprint density at radius 1 is 0.253 bits per heavy atom. The van der Waals surface area contributed by atoms with Crippen LogP contribution < -0.4 is 4.74 Å². The summed E-state index contributed by atoms with van der Waals surface area (Å²) in [7, 11) is 39.4. The van der Waals surface area contributed by atoms with E-state index in [0.717, 1.165) is 121 Å². The fourth-order valence-corrected chi connectivity index (χ4v) is 32.2. The van der Waals surface area contributed by atoms with Gasteiger partial charge in [-0.2, -0.15) is 0 Å². The first-order chi connectivity index (χ1) is 70.6. The molecule has 0 aliphatic rings. The van der Waals surface area contributed by atoms with E-state index in [4.69, 9.17) is 9.15 Å². The molecule has 0 saturated heterocycles. The summed E-state index contributed by atoms with van der Waals surface area (Å²) in [6.45, 7) is 121. The molecule has 5 aromatic rings. The van der Waals surface area contributed by atoms with Crippen molar-refractivity contribution in [2.45, 2.75) is 583 Å². The average Bonchev–Trinajstić information content (AvgIpc) is 1.69. The van der Waals surface area contributed by atoms with Crippen LogP contribution in [0.5, 0.6) is 5.75 Å². The Kier molecular flexibility index (Phi) is 141. The highest BCUT2D eigenvalue weighted by Gasteiger charge is 2.21. The molecule has 2 unspecified atom stereocenters.